The first kappa shape index (κ1) is 19.6. The highest BCUT2D eigenvalue weighted by Gasteiger charge is 2.17. The molecule has 3 aromatic heterocycles. The summed E-state index contributed by atoms with van der Waals surface area (Å²) in [6, 6.07) is 6.87. The summed E-state index contributed by atoms with van der Waals surface area (Å²) in [6.45, 7) is 13.7. The Bertz CT molecular complexity index is 956. The SMILES string of the molecule is CCc1nc(C(C)C)ccc1-c1nc2c(C)cn(C(C)COC)c2cc1C. The Balaban J connectivity index is 2.17. The van der Waals surface area contributed by atoms with Crippen LogP contribution in [0.1, 0.15) is 62.2 Å². The summed E-state index contributed by atoms with van der Waals surface area (Å²) in [5.41, 5.74) is 9.07. The van der Waals surface area contributed by atoms with Gasteiger partial charge in [-0.25, -0.2) is 4.98 Å². The van der Waals surface area contributed by atoms with E-state index in [1.54, 1.807) is 7.11 Å². The number of pyridine rings is 2. The number of methoxy groups -OCH3 is 1. The van der Waals surface area contributed by atoms with E-state index in [0.29, 0.717) is 12.5 Å². The molecule has 0 radical (unpaired) electrons. The number of rotatable bonds is 6. The maximum Gasteiger partial charge on any atom is 0.0917 e. The minimum absolute atomic E-state index is 0.274. The Hall–Kier alpha value is -2.20. The highest BCUT2D eigenvalue weighted by molar-refractivity contribution is 5.84. The van der Waals surface area contributed by atoms with Gasteiger partial charge in [0.15, 0.2) is 0 Å². The summed E-state index contributed by atoms with van der Waals surface area (Å²) in [5.74, 6) is 0.430. The number of aryl methyl sites for hydroxylation is 3. The minimum Gasteiger partial charge on any atom is -0.383 e. The molecule has 3 aromatic rings. The van der Waals surface area contributed by atoms with E-state index in [2.05, 4.69) is 70.5 Å². The molecule has 0 bridgehead atoms. The predicted molar refractivity (Wildman–Crippen MR) is 112 cm³/mol. The second kappa shape index (κ2) is 7.81. The third-order valence-corrected chi connectivity index (χ3v) is 5.24. The Morgan fingerprint density at radius 2 is 1.81 bits per heavy atom. The number of ether oxygens (including phenoxy) is 1. The quantitative estimate of drug-likeness (QED) is 0.570. The van der Waals surface area contributed by atoms with Crippen molar-refractivity contribution < 1.29 is 4.74 Å². The number of nitrogens with zero attached hydrogens (tertiary/aromatic N) is 3. The van der Waals surface area contributed by atoms with Gasteiger partial charge in [-0.1, -0.05) is 20.8 Å². The Morgan fingerprint density at radius 3 is 2.44 bits per heavy atom. The maximum absolute atomic E-state index is 5.35. The molecule has 27 heavy (non-hydrogen) atoms. The molecule has 4 nitrogen and oxygen atoms in total. The van der Waals surface area contributed by atoms with E-state index in [4.69, 9.17) is 14.7 Å². The van der Waals surface area contributed by atoms with Crippen molar-refractivity contribution in [2.24, 2.45) is 0 Å². The van der Waals surface area contributed by atoms with Gasteiger partial charge in [0.1, 0.15) is 0 Å². The van der Waals surface area contributed by atoms with Crippen LogP contribution >= 0.6 is 0 Å². The van der Waals surface area contributed by atoms with Crippen molar-refractivity contribution in [1.29, 1.82) is 0 Å². The third-order valence-electron chi connectivity index (χ3n) is 5.24. The standard InChI is InChI=1S/C23H31N3O/c1-8-19-18(9-10-20(24-19)14(2)3)22-15(4)11-21-23(25-22)16(5)12-26(21)17(6)13-27-7/h9-12,14,17H,8,13H2,1-7H3. The van der Waals surface area contributed by atoms with Crippen molar-refractivity contribution >= 4 is 11.0 Å². The van der Waals surface area contributed by atoms with Crippen LogP contribution in [0.4, 0.5) is 0 Å². The van der Waals surface area contributed by atoms with E-state index in [9.17, 15) is 0 Å². The van der Waals surface area contributed by atoms with E-state index in [1.165, 1.54) is 16.6 Å². The lowest BCUT2D eigenvalue weighted by molar-refractivity contribution is 0.164. The predicted octanol–water partition coefficient (Wildman–Crippen LogP) is 5.61. The highest BCUT2D eigenvalue weighted by Crippen LogP contribution is 2.31. The molecule has 0 amide bonds. The first-order valence-corrected chi connectivity index (χ1v) is 9.85. The van der Waals surface area contributed by atoms with E-state index in [-0.39, 0.29) is 6.04 Å². The summed E-state index contributed by atoms with van der Waals surface area (Å²) < 4.78 is 7.63. The van der Waals surface area contributed by atoms with Crippen LogP contribution < -0.4 is 0 Å². The summed E-state index contributed by atoms with van der Waals surface area (Å²) >= 11 is 0. The molecule has 1 atom stereocenters. The molecule has 3 rings (SSSR count). The van der Waals surface area contributed by atoms with E-state index in [0.717, 1.165) is 34.6 Å². The van der Waals surface area contributed by atoms with Crippen molar-refractivity contribution in [3.05, 3.63) is 46.9 Å². The molecule has 1 unspecified atom stereocenters. The number of hydrogen-bond donors (Lipinski definition) is 0. The first-order valence-electron chi connectivity index (χ1n) is 9.85. The van der Waals surface area contributed by atoms with Gasteiger partial charge in [0, 0.05) is 30.3 Å². The molecule has 0 spiro atoms. The zero-order valence-electron chi connectivity index (χ0n) is 17.6. The van der Waals surface area contributed by atoms with Crippen LogP contribution in [0.15, 0.2) is 24.4 Å². The molecule has 0 saturated heterocycles. The number of hydrogen-bond acceptors (Lipinski definition) is 3. The fourth-order valence-electron chi connectivity index (χ4n) is 3.71. The van der Waals surface area contributed by atoms with Gasteiger partial charge < -0.3 is 9.30 Å². The molecule has 0 aliphatic carbocycles. The molecule has 0 saturated carbocycles. The van der Waals surface area contributed by atoms with Crippen LogP contribution in [-0.2, 0) is 11.2 Å². The zero-order chi connectivity index (χ0) is 19.7. The molecular formula is C23H31N3O. The van der Waals surface area contributed by atoms with Crippen molar-refractivity contribution in [1.82, 2.24) is 14.5 Å². The maximum atomic E-state index is 5.35. The smallest absolute Gasteiger partial charge is 0.0917 e. The lowest BCUT2D eigenvalue weighted by Crippen LogP contribution is -2.10. The monoisotopic (exact) mass is 365 g/mol. The van der Waals surface area contributed by atoms with Crippen LogP contribution in [-0.4, -0.2) is 28.3 Å². The molecule has 0 aromatic carbocycles. The van der Waals surface area contributed by atoms with Gasteiger partial charge in [-0.05, 0) is 62.4 Å². The van der Waals surface area contributed by atoms with Crippen molar-refractivity contribution in [2.45, 2.75) is 59.9 Å². The molecule has 0 fully saturated rings. The Morgan fingerprint density at radius 1 is 1.07 bits per heavy atom. The molecular weight excluding hydrogens is 334 g/mol. The van der Waals surface area contributed by atoms with Crippen LogP contribution in [0.3, 0.4) is 0 Å². The van der Waals surface area contributed by atoms with E-state index < -0.39 is 0 Å². The average Bonchev–Trinajstić information content (AvgIpc) is 2.96. The van der Waals surface area contributed by atoms with E-state index >= 15 is 0 Å². The summed E-state index contributed by atoms with van der Waals surface area (Å²) in [5, 5.41) is 0. The third kappa shape index (κ3) is 3.63. The van der Waals surface area contributed by atoms with Crippen molar-refractivity contribution in [3.8, 4) is 11.3 Å². The molecule has 144 valence electrons. The van der Waals surface area contributed by atoms with Crippen LogP contribution in [0, 0.1) is 13.8 Å². The lowest BCUT2D eigenvalue weighted by Gasteiger charge is -2.16. The summed E-state index contributed by atoms with van der Waals surface area (Å²) in [4.78, 5) is 10.00. The molecule has 0 aliphatic heterocycles. The summed E-state index contributed by atoms with van der Waals surface area (Å²) in [6.07, 6.45) is 3.09. The van der Waals surface area contributed by atoms with Crippen LogP contribution in [0.5, 0.6) is 0 Å². The second-order valence-electron chi connectivity index (χ2n) is 7.78. The van der Waals surface area contributed by atoms with E-state index in [1.807, 2.05) is 0 Å². The van der Waals surface area contributed by atoms with Gasteiger partial charge in [0.05, 0.1) is 29.4 Å². The molecule has 3 heterocycles. The topological polar surface area (TPSA) is 39.9 Å². The van der Waals surface area contributed by atoms with Gasteiger partial charge in [-0.2, -0.15) is 0 Å². The number of aromatic nitrogens is 3. The minimum atomic E-state index is 0.274. The molecule has 0 N–H and O–H groups in total. The normalized spacial score (nSPS) is 12.9. The molecule has 0 aliphatic rings. The van der Waals surface area contributed by atoms with Gasteiger partial charge in [0.2, 0.25) is 0 Å². The average molecular weight is 366 g/mol. The van der Waals surface area contributed by atoms with Gasteiger partial charge >= 0.3 is 0 Å². The van der Waals surface area contributed by atoms with Gasteiger partial charge in [0.25, 0.3) is 0 Å². The first-order chi connectivity index (χ1) is 12.9. The van der Waals surface area contributed by atoms with Gasteiger partial charge in [-0.3, -0.25) is 4.98 Å². The zero-order valence-corrected chi connectivity index (χ0v) is 17.6. The largest absolute Gasteiger partial charge is 0.383 e. The van der Waals surface area contributed by atoms with Gasteiger partial charge in [-0.15, -0.1) is 0 Å². The number of fused-ring (bicyclic) bond motifs is 1. The fourth-order valence-corrected chi connectivity index (χ4v) is 3.71. The Labute approximate surface area is 162 Å². The lowest BCUT2D eigenvalue weighted by atomic mass is 10.0. The summed E-state index contributed by atoms with van der Waals surface area (Å²) in [7, 11) is 1.75. The van der Waals surface area contributed by atoms with Crippen molar-refractivity contribution in [3.63, 3.8) is 0 Å². The van der Waals surface area contributed by atoms with Crippen molar-refractivity contribution in [2.75, 3.05) is 13.7 Å². The Kier molecular flexibility index (Phi) is 5.66. The fraction of sp³-hybridized carbons (Fsp3) is 0.478. The van der Waals surface area contributed by atoms with Crippen LogP contribution in [0.2, 0.25) is 0 Å². The van der Waals surface area contributed by atoms with Crippen LogP contribution in [0.25, 0.3) is 22.3 Å². The highest BCUT2D eigenvalue weighted by atomic mass is 16.5. The second-order valence-corrected chi connectivity index (χ2v) is 7.78. The molecule has 4 heteroatoms.